The minimum atomic E-state index is -0.973. The molecular formula is C16H23NO3. The summed E-state index contributed by atoms with van der Waals surface area (Å²) < 4.78 is 0. The number of nitrogens with one attached hydrogen (secondary N) is 1. The molecule has 2 N–H and O–H groups in total. The quantitative estimate of drug-likeness (QED) is 0.767. The van der Waals surface area contributed by atoms with Crippen LogP contribution in [0, 0.1) is 5.92 Å². The van der Waals surface area contributed by atoms with Crippen molar-refractivity contribution >= 4 is 11.9 Å². The first-order valence-corrected chi connectivity index (χ1v) is 7.05. The van der Waals surface area contributed by atoms with Gasteiger partial charge in [0.15, 0.2) is 0 Å². The maximum Gasteiger partial charge on any atom is 0.326 e. The number of hydrogen-bond donors (Lipinski definition) is 2. The van der Waals surface area contributed by atoms with Crippen molar-refractivity contribution in [3.8, 4) is 0 Å². The van der Waals surface area contributed by atoms with Crippen molar-refractivity contribution in [2.75, 3.05) is 0 Å². The number of benzene rings is 1. The molecule has 0 heterocycles. The summed E-state index contributed by atoms with van der Waals surface area (Å²) in [5.41, 5.74) is 1.08. The predicted molar refractivity (Wildman–Crippen MR) is 78.4 cm³/mol. The molecule has 1 rings (SSSR count). The second kappa shape index (κ2) is 8.35. The van der Waals surface area contributed by atoms with Crippen LogP contribution in [0.25, 0.3) is 0 Å². The van der Waals surface area contributed by atoms with E-state index in [9.17, 15) is 9.59 Å². The Morgan fingerprint density at radius 3 is 2.35 bits per heavy atom. The molecule has 0 fully saturated rings. The second-order valence-corrected chi connectivity index (χ2v) is 5.42. The zero-order valence-corrected chi connectivity index (χ0v) is 12.1. The Morgan fingerprint density at radius 2 is 1.80 bits per heavy atom. The maximum atomic E-state index is 11.7. The molecule has 0 radical (unpaired) electrons. The Hall–Kier alpha value is -1.84. The van der Waals surface area contributed by atoms with E-state index < -0.39 is 12.0 Å². The van der Waals surface area contributed by atoms with E-state index in [0.717, 1.165) is 12.0 Å². The minimum absolute atomic E-state index is 0.181. The Kier molecular flexibility index (Phi) is 6.77. The lowest BCUT2D eigenvalue weighted by molar-refractivity contribution is -0.142. The van der Waals surface area contributed by atoms with Crippen molar-refractivity contribution in [1.82, 2.24) is 5.32 Å². The third-order valence-electron chi connectivity index (χ3n) is 3.15. The molecule has 4 heteroatoms. The number of amides is 1. The number of hydrogen-bond acceptors (Lipinski definition) is 2. The van der Waals surface area contributed by atoms with Gasteiger partial charge in [-0.2, -0.15) is 0 Å². The average Bonchev–Trinajstić information content (AvgIpc) is 2.42. The van der Waals surface area contributed by atoms with Crippen molar-refractivity contribution in [2.45, 2.75) is 45.6 Å². The summed E-state index contributed by atoms with van der Waals surface area (Å²) in [6.45, 7) is 4.08. The molecule has 0 unspecified atom stereocenters. The molecule has 20 heavy (non-hydrogen) atoms. The molecular weight excluding hydrogens is 254 g/mol. The summed E-state index contributed by atoms with van der Waals surface area (Å²) in [6.07, 6.45) is 2.21. The zero-order chi connectivity index (χ0) is 15.0. The van der Waals surface area contributed by atoms with Crippen molar-refractivity contribution in [2.24, 2.45) is 5.92 Å². The van der Waals surface area contributed by atoms with Crippen LogP contribution in [0.4, 0.5) is 0 Å². The summed E-state index contributed by atoms with van der Waals surface area (Å²) >= 11 is 0. The van der Waals surface area contributed by atoms with Gasteiger partial charge in [0.25, 0.3) is 0 Å². The molecule has 0 aliphatic heterocycles. The van der Waals surface area contributed by atoms with Crippen molar-refractivity contribution in [3.63, 3.8) is 0 Å². The Labute approximate surface area is 120 Å². The van der Waals surface area contributed by atoms with E-state index in [1.807, 2.05) is 44.2 Å². The molecule has 0 aliphatic rings. The van der Waals surface area contributed by atoms with E-state index in [1.165, 1.54) is 0 Å². The second-order valence-electron chi connectivity index (χ2n) is 5.42. The van der Waals surface area contributed by atoms with Gasteiger partial charge in [-0.1, -0.05) is 44.2 Å². The first-order chi connectivity index (χ1) is 9.49. The smallest absolute Gasteiger partial charge is 0.326 e. The highest BCUT2D eigenvalue weighted by Gasteiger charge is 2.19. The largest absolute Gasteiger partial charge is 0.480 e. The van der Waals surface area contributed by atoms with E-state index in [1.54, 1.807) is 0 Å². The highest BCUT2D eigenvalue weighted by molar-refractivity contribution is 5.83. The average molecular weight is 277 g/mol. The van der Waals surface area contributed by atoms with Gasteiger partial charge in [0.2, 0.25) is 5.91 Å². The van der Waals surface area contributed by atoms with Crippen LogP contribution in [-0.2, 0) is 16.0 Å². The van der Waals surface area contributed by atoms with Crippen LogP contribution in [0.3, 0.4) is 0 Å². The summed E-state index contributed by atoms with van der Waals surface area (Å²) in [6, 6.07) is 8.87. The highest BCUT2D eigenvalue weighted by Crippen LogP contribution is 2.07. The number of aliphatic carboxylic acids is 1. The van der Waals surface area contributed by atoms with Crippen LogP contribution >= 0.6 is 0 Å². The number of aryl methyl sites for hydroxylation is 1. The molecule has 0 aromatic heterocycles. The van der Waals surface area contributed by atoms with Gasteiger partial charge in [0.1, 0.15) is 6.04 Å². The molecule has 1 amide bonds. The molecule has 0 spiro atoms. The van der Waals surface area contributed by atoms with Gasteiger partial charge in [-0.05, 0) is 30.7 Å². The molecule has 0 aliphatic carbocycles. The van der Waals surface area contributed by atoms with Gasteiger partial charge in [0.05, 0.1) is 0 Å². The molecule has 1 aromatic rings. The Morgan fingerprint density at radius 1 is 1.15 bits per heavy atom. The first kappa shape index (κ1) is 16.2. The van der Waals surface area contributed by atoms with Crippen LogP contribution in [0.1, 0.15) is 38.7 Å². The number of carboxylic acid groups (broad SMARTS) is 1. The summed E-state index contributed by atoms with van der Waals surface area (Å²) in [5.74, 6) is -0.716. The Bertz CT molecular complexity index is 429. The number of carbonyl (C=O) groups is 2. The number of rotatable bonds is 8. The monoisotopic (exact) mass is 277 g/mol. The van der Waals surface area contributed by atoms with Gasteiger partial charge in [-0.3, -0.25) is 4.79 Å². The molecule has 4 nitrogen and oxygen atoms in total. The van der Waals surface area contributed by atoms with E-state index in [-0.39, 0.29) is 5.91 Å². The molecule has 1 aromatic carbocycles. The van der Waals surface area contributed by atoms with Gasteiger partial charge in [-0.15, -0.1) is 0 Å². The van der Waals surface area contributed by atoms with E-state index in [2.05, 4.69) is 5.32 Å². The van der Waals surface area contributed by atoms with E-state index >= 15 is 0 Å². The van der Waals surface area contributed by atoms with E-state index in [0.29, 0.717) is 25.2 Å². The summed E-state index contributed by atoms with van der Waals surface area (Å²) in [5, 5.41) is 11.8. The zero-order valence-electron chi connectivity index (χ0n) is 12.1. The molecule has 0 saturated heterocycles. The van der Waals surface area contributed by atoms with Crippen molar-refractivity contribution in [3.05, 3.63) is 35.9 Å². The fraction of sp³-hybridized carbons (Fsp3) is 0.500. The predicted octanol–water partition coefficient (Wildman–Crippen LogP) is 2.62. The van der Waals surface area contributed by atoms with Gasteiger partial charge in [0, 0.05) is 6.42 Å². The standard InChI is InChI=1S/C16H23NO3/c1-12(2)8-11-15(18)17-14(16(19)20)10-9-13-6-4-3-5-7-13/h3-7,12,14H,8-11H2,1-2H3,(H,17,18)(H,19,20)/t14-/m0/s1. The normalized spacial score (nSPS) is 12.2. The highest BCUT2D eigenvalue weighted by atomic mass is 16.4. The topological polar surface area (TPSA) is 66.4 Å². The fourth-order valence-electron chi connectivity index (χ4n) is 1.90. The van der Waals surface area contributed by atoms with Crippen molar-refractivity contribution in [1.29, 1.82) is 0 Å². The van der Waals surface area contributed by atoms with Crippen LogP contribution in [0.2, 0.25) is 0 Å². The van der Waals surface area contributed by atoms with Gasteiger partial charge >= 0.3 is 5.97 Å². The lowest BCUT2D eigenvalue weighted by atomic mass is 10.0. The van der Waals surface area contributed by atoms with Crippen LogP contribution in [0.15, 0.2) is 30.3 Å². The van der Waals surface area contributed by atoms with Gasteiger partial charge in [-0.25, -0.2) is 4.79 Å². The third-order valence-corrected chi connectivity index (χ3v) is 3.15. The van der Waals surface area contributed by atoms with Crippen LogP contribution in [0.5, 0.6) is 0 Å². The van der Waals surface area contributed by atoms with E-state index in [4.69, 9.17) is 5.11 Å². The number of carboxylic acids is 1. The first-order valence-electron chi connectivity index (χ1n) is 7.05. The SMILES string of the molecule is CC(C)CCC(=O)N[C@@H](CCc1ccccc1)C(=O)O. The molecule has 110 valence electrons. The third kappa shape index (κ3) is 6.36. The minimum Gasteiger partial charge on any atom is -0.480 e. The molecule has 0 bridgehead atoms. The fourth-order valence-corrected chi connectivity index (χ4v) is 1.90. The molecule has 1 atom stereocenters. The maximum absolute atomic E-state index is 11.7. The summed E-state index contributed by atoms with van der Waals surface area (Å²) in [4.78, 5) is 22.9. The van der Waals surface area contributed by atoms with Crippen molar-refractivity contribution < 1.29 is 14.7 Å². The van der Waals surface area contributed by atoms with Crippen LogP contribution in [-0.4, -0.2) is 23.0 Å². The Balaban J connectivity index is 2.44. The van der Waals surface area contributed by atoms with Crippen LogP contribution < -0.4 is 5.32 Å². The summed E-state index contributed by atoms with van der Waals surface area (Å²) in [7, 11) is 0. The molecule has 0 saturated carbocycles. The lowest BCUT2D eigenvalue weighted by Crippen LogP contribution is -2.41. The van der Waals surface area contributed by atoms with Gasteiger partial charge < -0.3 is 10.4 Å². The number of carbonyl (C=O) groups excluding carboxylic acids is 1. The lowest BCUT2D eigenvalue weighted by Gasteiger charge is -2.15.